The molecule has 22 heavy (non-hydrogen) atoms. The van der Waals surface area contributed by atoms with E-state index >= 15 is 0 Å². The van der Waals surface area contributed by atoms with Crippen molar-refractivity contribution in [1.29, 1.82) is 0 Å². The molecule has 6 heteroatoms. The SMILES string of the molecule is O=C1CC[C@H](C(=O)N2CCCO2)CN1Cc1cccc(F)c1. The quantitative estimate of drug-likeness (QED) is 0.854. The van der Waals surface area contributed by atoms with Crippen LogP contribution in [-0.4, -0.2) is 41.5 Å². The lowest BCUT2D eigenvalue weighted by molar-refractivity contribution is -0.175. The third-order valence-corrected chi connectivity index (χ3v) is 4.11. The Morgan fingerprint density at radius 3 is 3.00 bits per heavy atom. The van der Waals surface area contributed by atoms with Crippen molar-refractivity contribution in [2.45, 2.75) is 25.8 Å². The number of piperidine rings is 1. The molecule has 0 aromatic heterocycles. The highest BCUT2D eigenvalue weighted by molar-refractivity contribution is 5.83. The van der Waals surface area contributed by atoms with Crippen LogP contribution >= 0.6 is 0 Å². The minimum Gasteiger partial charge on any atom is -0.338 e. The van der Waals surface area contributed by atoms with Crippen LogP contribution in [0.25, 0.3) is 0 Å². The highest BCUT2D eigenvalue weighted by atomic mass is 19.1. The molecule has 2 amide bonds. The number of likely N-dealkylation sites (tertiary alicyclic amines) is 1. The molecule has 2 aliphatic rings. The first-order valence-electron chi connectivity index (χ1n) is 7.60. The minimum absolute atomic E-state index is 0.00986. The van der Waals surface area contributed by atoms with Crippen molar-refractivity contribution < 1.29 is 18.8 Å². The van der Waals surface area contributed by atoms with Gasteiger partial charge < -0.3 is 4.90 Å². The summed E-state index contributed by atoms with van der Waals surface area (Å²) in [5.41, 5.74) is 0.735. The number of rotatable bonds is 3. The first-order valence-corrected chi connectivity index (χ1v) is 7.60. The highest BCUT2D eigenvalue weighted by Crippen LogP contribution is 2.23. The molecule has 5 nitrogen and oxygen atoms in total. The molecule has 2 aliphatic heterocycles. The third-order valence-electron chi connectivity index (χ3n) is 4.11. The normalized spacial score (nSPS) is 22.2. The van der Waals surface area contributed by atoms with Crippen LogP contribution < -0.4 is 0 Å². The van der Waals surface area contributed by atoms with E-state index in [1.54, 1.807) is 17.0 Å². The van der Waals surface area contributed by atoms with Gasteiger partial charge in [0, 0.05) is 19.5 Å². The van der Waals surface area contributed by atoms with Crippen LogP contribution in [0.2, 0.25) is 0 Å². The van der Waals surface area contributed by atoms with Crippen LogP contribution in [0.3, 0.4) is 0 Å². The number of hydrogen-bond donors (Lipinski definition) is 0. The van der Waals surface area contributed by atoms with Crippen LogP contribution in [0.5, 0.6) is 0 Å². The minimum atomic E-state index is -0.319. The lowest BCUT2D eigenvalue weighted by Gasteiger charge is -2.33. The summed E-state index contributed by atoms with van der Waals surface area (Å²) >= 11 is 0. The summed E-state index contributed by atoms with van der Waals surface area (Å²) < 4.78 is 13.2. The summed E-state index contributed by atoms with van der Waals surface area (Å²) in [6.07, 6.45) is 1.75. The molecule has 1 atom stereocenters. The van der Waals surface area contributed by atoms with Gasteiger partial charge in [-0.3, -0.25) is 14.4 Å². The fourth-order valence-corrected chi connectivity index (χ4v) is 2.95. The van der Waals surface area contributed by atoms with E-state index in [1.807, 2.05) is 0 Å². The number of hydrogen-bond acceptors (Lipinski definition) is 3. The van der Waals surface area contributed by atoms with E-state index in [2.05, 4.69) is 0 Å². The number of benzene rings is 1. The predicted octanol–water partition coefficient (Wildman–Crippen LogP) is 1.73. The zero-order valence-corrected chi connectivity index (χ0v) is 12.3. The maximum absolute atomic E-state index is 13.2. The van der Waals surface area contributed by atoms with Crippen molar-refractivity contribution in [2.75, 3.05) is 19.7 Å². The second-order valence-corrected chi connectivity index (χ2v) is 5.77. The Kier molecular flexibility index (Phi) is 4.38. The maximum Gasteiger partial charge on any atom is 0.251 e. The monoisotopic (exact) mass is 306 g/mol. The number of carbonyl (C=O) groups excluding carboxylic acids is 2. The van der Waals surface area contributed by atoms with Crippen molar-refractivity contribution in [3.05, 3.63) is 35.6 Å². The lowest BCUT2D eigenvalue weighted by atomic mass is 9.96. The van der Waals surface area contributed by atoms with E-state index in [1.165, 1.54) is 17.2 Å². The predicted molar refractivity (Wildman–Crippen MR) is 76.8 cm³/mol. The van der Waals surface area contributed by atoms with Gasteiger partial charge in [0.1, 0.15) is 5.82 Å². The molecular weight excluding hydrogens is 287 g/mol. The van der Waals surface area contributed by atoms with Crippen molar-refractivity contribution >= 4 is 11.8 Å². The smallest absolute Gasteiger partial charge is 0.251 e. The first-order chi connectivity index (χ1) is 10.6. The second-order valence-electron chi connectivity index (χ2n) is 5.77. The van der Waals surface area contributed by atoms with Crippen LogP contribution in [0.15, 0.2) is 24.3 Å². The molecule has 2 saturated heterocycles. The van der Waals surface area contributed by atoms with Gasteiger partial charge in [-0.1, -0.05) is 12.1 Å². The standard InChI is InChI=1S/C16H19FN2O3/c17-14-4-1-3-12(9-14)10-18-11-13(5-6-15(18)20)16(21)19-7-2-8-22-19/h1,3-4,9,13H,2,5-8,10-11H2/t13-/m0/s1. The molecule has 2 heterocycles. The second kappa shape index (κ2) is 6.44. The highest BCUT2D eigenvalue weighted by Gasteiger charge is 2.34. The Bertz CT molecular complexity index is 572. The van der Waals surface area contributed by atoms with Gasteiger partial charge in [0.15, 0.2) is 0 Å². The van der Waals surface area contributed by atoms with Crippen LogP contribution in [-0.2, 0) is 21.0 Å². The van der Waals surface area contributed by atoms with Gasteiger partial charge in [0.2, 0.25) is 5.91 Å². The molecule has 0 spiro atoms. The Morgan fingerprint density at radius 2 is 2.27 bits per heavy atom. The molecule has 2 fully saturated rings. The summed E-state index contributed by atoms with van der Waals surface area (Å²) in [6, 6.07) is 6.20. The van der Waals surface area contributed by atoms with E-state index in [-0.39, 0.29) is 23.5 Å². The van der Waals surface area contributed by atoms with Crippen LogP contribution in [0.4, 0.5) is 4.39 Å². The molecule has 3 rings (SSSR count). The van der Waals surface area contributed by atoms with Crippen molar-refractivity contribution in [3.63, 3.8) is 0 Å². The summed E-state index contributed by atoms with van der Waals surface area (Å²) in [5, 5.41) is 1.42. The first kappa shape index (κ1) is 15.0. The van der Waals surface area contributed by atoms with E-state index < -0.39 is 0 Å². The zero-order chi connectivity index (χ0) is 15.5. The zero-order valence-electron chi connectivity index (χ0n) is 12.3. The number of nitrogens with zero attached hydrogens (tertiary/aromatic N) is 2. The molecule has 1 aromatic carbocycles. The summed E-state index contributed by atoms with van der Waals surface area (Å²) in [4.78, 5) is 31.3. The molecule has 0 aliphatic carbocycles. The number of amides is 2. The van der Waals surface area contributed by atoms with E-state index in [0.717, 1.165) is 12.0 Å². The molecule has 0 bridgehead atoms. The van der Waals surface area contributed by atoms with Crippen LogP contribution in [0, 0.1) is 11.7 Å². The summed E-state index contributed by atoms with van der Waals surface area (Å²) in [6.45, 7) is 1.90. The van der Waals surface area contributed by atoms with Gasteiger partial charge in [-0.15, -0.1) is 0 Å². The summed E-state index contributed by atoms with van der Waals surface area (Å²) in [7, 11) is 0. The average Bonchev–Trinajstić information content (AvgIpc) is 3.03. The van der Waals surface area contributed by atoms with E-state index in [4.69, 9.17) is 4.84 Å². The van der Waals surface area contributed by atoms with Crippen molar-refractivity contribution in [3.8, 4) is 0 Å². The van der Waals surface area contributed by atoms with Gasteiger partial charge in [0.25, 0.3) is 5.91 Å². The lowest BCUT2D eigenvalue weighted by Crippen LogP contribution is -2.45. The van der Waals surface area contributed by atoms with Gasteiger partial charge in [-0.05, 0) is 30.5 Å². The molecule has 0 unspecified atom stereocenters. The molecule has 1 aromatic rings. The summed E-state index contributed by atoms with van der Waals surface area (Å²) in [5.74, 6) is -0.589. The number of halogens is 1. The van der Waals surface area contributed by atoms with E-state index in [0.29, 0.717) is 39.1 Å². The average molecular weight is 306 g/mol. The number of hydroxylamine groups is 2. The van der Waals surface area contributed by atoms with Crippen molar-refractivity contribution in [1.82, 2.24) is 9.96 Å². The van der Waals surface area contributed by atoms with Gasteiger partial charge in [0.05, 0.1) is 19.1 Å². The molecule has 0 radical (unpaired) electrons. The third kappa shape index (κ3) is 3.27. The van der Waals surface area contributed by atoms with Gasteiger partial charge in [-0.2, -0.15) is 0 Å². The van der Waals surface area contributed by atoms with Gasteiger partial charge in [-0.25, -0.2) is 9.45 Å². The largest absolute Gasteiger partial charge is 0.338 e. The van der Waals surface area contributed by atoms with Crippen molar-refractivity contribution in [2.24, 2.45) is 5.92 Å². The molecule has 118 valence electrons. The topological polar surface area (TPSA) is 49.9 Å². The Labute approximate surface area is 128 Å². The van der Waals surface area contributed by atoms with Gasteiger partial charge >= 0.3 is 0 Å². The fourth-order valence-electron chi connectivity index (χ4n) is 2.95. The Balaban J connectivity index is 1.65. The Morgan fingerprint density at radius 1 is 1.41 bits per heavy atom. The maximum atomic E-state index is 13.2. The fraction of sp³-hybridized carbons (Fsp3) is 0.500. The van der Waals surface area contributed by atoms with Crippen LogP contribution in [0.1, 0.15) is 24.8 Å². The number of carbonyl (C=O) groups is 2. The molecular formula is C16H19FN2O3. The molecule has 0 N–H and O–H groups in total. The van der Waals surface area contributed by atoms with E-state index in [9.17, 15) is 14.0 Å². The molecule has 0 saturated carbocycles. The Hall–Kier alpha value is -1.95.